The van der Waals surface area contributed by atoms with Gasteiger partial charge in [0.25, 0.3) is 0 Å². The quantitative estimate of drug-likeness (QED) is 0.669. The Labute approximate surface area is 84.0 Å². The standard InChI is InChI=1S/C11H16N2O/c1-2-8-12-10-7-4-3-6(5-7)9(10)11(14)13-8/h6-7,9-10H,2-5H2,1H3,(H,12,13,14)/t6-,7+,9-,10+/m1/s1. The Bertz CT molecular complexity index is 310. The van der Waals surface area contributed by atoms with E-state index in [0.29, 0.717) is 17.9 Å². The van der Waals surface area contributed by atoms with Crippen LogP contribution < -0.4 is 5.32 Å². The smallest absolute Gasteiger partial charge is 0.230 e. The molecule has 3 rings (SSSR count). The number of nitrogens with zero attached hydrogens (tertiary/aromatic N) is 1. The number of carbonyl (C=O) groups is 1. The van der Waals surface area contributed by atoms with E-state index in [2.05, 4.69) is 10.3 Å². The molecule has 0 aromatic carbocycles. The number of hydrogen-bond acceptors (Lipinski definition) is 2. The topological polar surface area (TPSA) is 41.5 Å². The van der Waals surface area contributed by atoms with Crippen LogP contribution in [0.3, 0.4) is 0 Å². The average Bonchev–Trinajstić information content (AvgIpc) is 2.77. The first-order valence-electron chi connectivity index (χ1n) is 5.67. The fourth-order valence-corrected chi connectivity index (χ4v) is 3.43. The molecule has 4 atom stereocenters. The van der Waals surface area contributed by atoms with Gasteiger partial charge >= 0.3 is 0 Å². The first-order chi connectivity index (χ1) is 6.79. The van der Waals surface area contributed by atoms with Crippen LogP contribution in [-0.2, 0) is 4.79 Å². The molecule has 1 heterocycles. The second-order valence-electron chi connectivity index (χ2n) is 4.77. The molecule has 0 unspecified atom stereocenters. The van der Waals surface area contributed by atoms with E-state index < -0.39 is 0 Å². The molecular formula is C11H16N2O. The predicted octanol–water partition coefficient (Wildman–Crippen LogP) is 1.34. The lowest BCUT2D eigenvalue weighted by molar-refractivity contribution is -0.126. The monoisotopic (exact) mass is 192 g/mol. The predicted molar refractivity (Wildman–Crippen MR) is 54.0 cm³/mol. The highest BCUT2D eigenvalue weighted by Crippen LogP contribution is 2.50. The highest BCUT2D eigenvalue weighted by atomic mass is 16.2. The van der Waals surface area contributed by atoms with Crippen molar-refractivity contribution in [3.05, 3.63) is 0 Å². The number of fused-ring (bicyclic) bond motifs is 5. The second-order valence-corrected chi connectivity index (χ2v) is 4.77. The maximum absolute atomic E-state index is 11.8. The lowest BCUT2D eigenvalue weighted by atomic mass is 9.83. The summed E-state index contributed by atoms with van der Waals surface area (Å²) in [6.45, 7) is 2.05. The molecule has 0 aromatic heterocycles. The van der Waals surface area contributed by atoms with E-state index in [4.69, 9.17) is 0 Å². The Balaban J connectivity index is 1.95. The van der Waals surface area contributed by atoms with Gasteiger partial charge in [0.15, 0.2) is 0 Å². The van der Waals surface area contributed by atoms with E-state index in [1.165, 1.54) is 19.3 Å². The number of amides is 1. The minimum Gasteiger partial charge on any atom is -0.314 e. The third kappa shape index (κ3) is 0.983. The van der Waals surface area contributed by atoms with Gasteiger partial charge < -0.3 is 5.32 Å². The molecule has 0 aromatic rings. The first kappa shape index (κ1) is 8.45. The molecule has 0 radical (unpaired) electrons. The molecule has 2 aliphatic carbocycles. The number of amidine groups is 1. The summed E-state index contributed by atoms with van der Waals surface area (Å²) in [4.78, 5) is 16.5. The number of rotatable bonds is 1. The zero-order valence-electron chi connectivity index (χ0n) is 8.49. The van der Waals surface area contributed by atoms with E-state index in [1.54, 1.807) is 0 Å². The molecule has 3 nitrogen and oxygen atoms in total. The molecule has 3 aliphatic rings. The van der Waals surface area contributed by atoms with Crippen molar-refractivity contribution in [2.45, 2.75) is 38.6 Å². The van der Waals surface area contributed by atoms with Gasteiger partial charge in [-0.3, -0.25) is 9.79 Å². The Morgan fingerprint density at radius 2 is 2.21 bits per heavy atom. The minimum atomic E-state index is 0.212. The van der Waals surface area contributed by atoms with E-state index in [9.17, 15) is 4.79 Å². The molecule has 1 N–H and O–H groups in total. The Kier molecular flexibility index (Phi) is 1.70. The van der Waals surface area contributed by atoms with Crippen molar-refractivity contribution in [1.82, 2.24) is 5.32 Å². The number of aliphatic imine (C=N–C) groups is 1. The molecule has 0 spiro atoms. The molecule has 2 fully saturated rings. The summed E-state index contributed by atoms with van der Waals surface area (Å²) in [5.74, 6) is 2.70. The highest BCUT2D eigenvalue weighted by Gasteiger charge is 2.52. The van der Waals surface area contributed by atoms with E-state index in [0.717, 1.165) is 12.3 Å². The number of hydrogen-bond donors (Lipinski definition) is 1. The van der Waals surface area contributed by atoms with Crippen LogP contribution in [-0.4, -0.2) is 17.8 Å². The molecule has 2 bridgehead atoms. The van der Waals surface area contributed by atoms with Gasteiger partial charge in [0, 0.05) is 6.42 Å². The van der Waals surface area contributed by atoms with Crippen LogP contribution in [0.5, 0.6) is 0 Å². The van der Waals surface area contributed by atoms with Crippen LogP contribution in [0, 0.1) is 17.8 Å². The van der Waals surface area contributed by atoms with Crippen LogP contribution in [0.15, 0.2) is 4.99 Å². The van der Waals surface area contributed by atoms with Gasteiger partial charge in [-0.1, -0.05) is 6.92 Å². The van der Waals surface area contributed by atoms with E-state index in [1.807, 2.05) is 6.92 Å². The second kappa shape index (κ2) is 2.81. The van der Waals surface area contributed by atoms with Crippen molar-refractivity contribution >= 4 is 11.7 Å². The maximum Gasteiger partial charge on any atom is 0.230 e. The van der Waals surface area contributed by atoms with Crippen LogP contribution >= 0.6 is 0 Å². The lowest BCUT2D eigenvalue weighted by Crippen LogP contribution is -2.47. The first-order valence-corrected chi connectivity index (χ1v) is 5.67. The molecule has 0 saturated heterocycles. The zero-order valence-corrected chi connectivity index (χ0v) is 8.49. The third-order valence-corrected chi connectivity index (χ3v) is 4.08. The summed E-state index contributed by atoms with van der Waals surface area (Å²) in [7, 11) is 0. The number of carbonyl (C=O) groups excluding carboxylic acids is 1. The third-order valence-electron chi connectivity index (χ3n) is 4.08. The molecule has 76 valence electrons. The molecule has 2 saturated carbocycles. The summed E-state index contributed by atoms with van der Waals surface area (Å²) in [5.41, 5.74) is 0. The SMILES string of the molecule is CCC1=N[C@H]2[C@H]3CC[C@H](C3)[C@H]2C(=O)N1. The molecule has 14 heavy (non-hydrogen) atoms. The van der Waals surface area contributed by atoms with Gasteiger partial charge in [-0.2, -0.15) is 0 Å². The average molecular weight is 192 g/mol. The fourth-order valence-electron chi connectivity index (χ4n) is 3.43. The number of nitrogens with one attached hydrogen (secondary N) is 1. The van der Waals surface area contributed by atoms with E-state index in [-0.39, 0.29) is 11.8 Å². The normalized spacial score (nSPS) is 44.6. The van der Waals surface area contributed by atoms with Crippen LogP contribution in [0.2, 0.25) is 0 Å². The van der Waals surface area contributed by atoms with Crippen molar-refractivity contribution in [3.63, 3.8) is 0 Å². The molecular weight excluding hydrogens is 176 g/mol. The van der Waals surface area contributed by atoms with Crippen LogP contribution in [0.25, 0.3) is 0 Å². The van der Waals surface area contributed by atoms with Gasteiger partial charge in [-0.15, -0.1) is 0 Å². The Morgan fingerprint density at radius 3 is 3.00 bits per heavy atom. The summed E-state index contributed by atoms with van der Waals surface area (Å²) in [6.07, 6.45) is 4.63. The summed E-state index contributed by atoms with van der Waals surface area (Å²) in [6, 6.07) is 0.331. The Hall–Kier alpha value is -0.860. The van der Waals surface area contributed by atoms with Crippen LogP contribution in [0.4, 0.5) is 0 Å². The highest BCUT2D eigenvalue weighted by molar-refractivity contribution is 6.01. The summed E-state index contributed by atoms with van der Waals surface area (Å²) < 4.78 is 0. The summed E-state index contributed by atoms with van der Waals surface area (Å²) in [5, 5.41) is 2.93. The van der Waals surface area contributed by atoms with Crippen molar-refractivity contribution in [2.24, 2.45) is 22.7 Å². The minimum absolute atomic E-state index is 0.212. The van der Waals surface area contributed by atoms with Gasteiger partial charge in [-0.25, -0.2) is 0 Å². The molecule has 3 heteroatoms. The van der Waals surface area contributed by atoms with Crippen molar-refractivity contribution < 1.29 is 4.79 Å². The summed E-state index contributed by atoms with van der Waals surface area (Å²) >= 11 is 0. The van der Waals surface area contributed by atoms with Crippen molar-refractivity contribution in [3.8, 4) is 0 Å². The Morgan fingerprint density at radius 1 is 1.43 bits per heavy atom. The maximum atomic E-state index is 11.8. The lowest BCUT2D eigenvalue weighted by Gasteiger charge is -2.31. The largest absolute Gasteiger partial charge is 0.314 e. The van der Waals surface area contributed by atoms with Gasteiger partial charge in [0.05, 0.1) is 12.0 Å². The zero-order chi connectivity index (χ0) is 9.71. The van der Waals surface area contributed by atoms with E-state index >= 15 is 0 Å². The molecule has 1 aliphatic heterocycles. The van der Waals surface area contributed by atoms with Crippen molar-refractivity contribution in [1.29, 1.82) is 0 Å². The van der Waals surface area contributed by atoms with Gasteiger partial charge in [0.1, 0.15) is 5.84 Å². The van der Waals surface area contributed by atoms with Crippen LogP contribution in [0.1, 0.15) is 32.6 Å². The van der Waals surface area contributed by atoms with Crippen molar-refractivity contribution in [2.75, 3.05) is 0 Å². The fraction of sp³-hybridized carbons (Fsp3) is 0.818. The molecule has 1 amide bonds. The van der Waals surface area contributed by atoms with Gasteiger partial charge in [0.2, 0.25) is 5.91 Å². The van der Waals surface area contributed by atoms with Gasteiger partial charge in [-0.05, 0) is 31.1 Å².